The summed E-state index contributed by atoms with van der Waals surface area (Å²) < 4.78 is 11.3. The molecule has 0 aliphatic heterocycles. The van der Waals surface area contributed by atoms with Gasteiger partial charge in [-0.2, -0.15) is 0 Å². The van der Waals surface area contributed by atoms with Gasteiger partial charge in [0.05, 0.1) is 12.9 Å². The molecule has 2 nitrogen and oxygen atoms in total. The SMILES string of the molecule is C=C(/C=C/OCC)CCCO[Si](C)(C)C(C)(C)C. The Bertz CT molecular complexity index is 275. The Labute approximate surface area is 114 Å². The van der Waals surface area contributed by atoms with E-state index in [2.05, 4.69) is 40.4 Å². The summed E-state index contributed by atoms with van der Waals surface area (Å²) in [6, 6.07) is 0. The van der Waals surface area contributed by atoms with Gasteiger partial charge in [-0.15, -0.1) is 0 Å². The van der Waals surface area contributed by atoms with E-state index in [1.807, 2.05) is 13.0 Å². The van der Waals surface area contributed by atoms with Gasteiger partial charge in [0.25, 0.3) is 0 Å². The topological polar surface area (TPSA) is 18.5 Å². The van der Waals surface area contributed by atoms with Crippen LogP contribution in [0.15, 0.2) is 24.5 Å². The van der Waals surface area contributed by atoms with Crippen molar-refractivity contribution >= 4 is 8.32 Å². The fraction of sp³-hybridized carbons (Fsp3) is 0.733. The fourth-order valence-electron chi connectivity index (χ4n) is 1.17. The Balaban J connectivity index is 3.84. The standard InChI is InChI=1S/C15H30O2Si/c1-8-16-13-11-14(2)10-9-12-17-18(6,7)15(3,4)5/h11,13H,2,8-10,12H2,1,3-7H3/b13-11+. The Morgan fingerprint density at radius 1 is 1.28 bits per heavy atom. The molecule has 0 unspecified atom stereocenters. The van der Waals surface area contributed by atoms with E-state index in [0.29, 0.717) is 11.6 Å². The van der Waals surface area contributed by atoms with Gasteiger partial charge < -0.3 is 9.16 Å². The Morgan fingerprint density at radius 3 is 2.39 bits per heavy atom. The summed E-state index contributed by atoms with van der Waals surface area (Å²) in [5.41, 5.74) is 1.10. The largest absolute Gasteiger partial charge is 0.501 e. The van der Waals surface area contributed by atoms with Gasteiger partial charge in [0.2, 0.25) is 0 Å². The number of allylic oxidation sites excluding steroid dienone is 2. The van der Waals surface area contributed by atoms with Crippen molar-refractivity contribution in [1.82, 2.24) is 0 Å². The molecule has 0 saturated heterocycles. The molecule has 0 saturated carbocycles. The quantitative estimate of drug-likeness (QED) is 0.270. The molecule has 0 atom stereocenters. The fourth-order valence-corrected chi connectivity index (χ4v) is 2.25. The van der Waals surface area contributed by atoms with E-state index in [-0.39, 0.29) is 0 Å². The van der Waals surface area contributed by atoms with Crippen LogP contribution in [0.2, 0.25) is 18.1 Å². The summed E-state index contributed by atoms with van der Waals surface area (Å²) in [4.78, 5) is 0. The molecule has 0 aromatic heterocycles. The average Bonchev–Trinajstić information content (AvgIpc) is 2.23. The highest BCUT2D eigenvalue weighted by Gasteiger charge is 2.36. The van der Waals surface area contributed by atoms with Crippen molar-refractivity contribution in [3.05, 3.63) is 24.5 Å². The normalized spacial score (nSPS) is 13.0. The maximum atomic E-state index is 6.11. The van der Waals surface area contributed by atoms with Crippen molar-refractivity contribution in [2.24, 2.45) is 0 Å². The molecule has 0 aliphatic carbocycles. The van der Waals surface area contributed by atoms with Crippen LogP contribution < -0.4 is 0 Å². The molecule has 3 heteroatoms. The summed E-state index contributed by atoms with van der Waals surface area (Å²) in [6.07, 6.45) is 5.66. The predicted octanol–water partition coefficient (Wildman–Crippen LogP) is 4.89. The van der Waals surface area contributed by atoms with Crippen molar-refractivity contribution in [2.75, 3.05) is 13.2 Å². The van der Waals surface area contributed by atoms with Crippen LogP contribution in [0.25, 0.3) is 0 Å². The van der Waals surface area contributed by atoms with Crippen LogP contribution in [0, 0.1) is 0 Å². The highest BCUT2D eigenvalue weighted by molar-refractivity contribution is 6.74. The monoisotopic (exact) mass is 270 g/mol. The smallest absolute Gasteiger partial charge is 0.191 e. The lowest BCUT2D eigenvalue weighted by molar-refractivity contribution is 0.268. The maximum Gasteiger partial charge on any atom is 0.191 e. The van der Waals surface area contributed by atoms with Gasteiger partial charge in [-0.1, -0.05) is 32.9 Å². The van der Waals surface area contributed by atoms with Crippen LogP contribution in [0.5, 0.6) is 0 Å². The molecule has 18 heavy (non-hydrogen) atoms. The minimum Gasteiger partial charge on any atom is -0.501 e. The van der Waals surface area contributed by atoms with Gasteiger partial charge in [-0.25, -0.2) is 0 Å². The molecule has 0 spiro atoms. The summed E-state index contributed by atoms with van der Waals surface area (Å²) in [6.45, 7) is 18.9. The Hall–Kier alpha value is -0.543. The van der Waals surface area contributed by atoms with Crippen molar-refractivity contribution in [3.63, 3.8) is 0 Å². The zero-order chi connectivity index (χ0) is 14.2. The summed E-state index contributed by atoms with van der Waals surface area (Å²) in [5, 5.41) is 0.291. The van der Waals surface area contributed by atoms with Crippen LogP contribution in [0.3, 0.4) is 0 Å². The molecular formula is C15H30O2Si. The molecule has 0 fully saturated rings. The van der Waals surface area contributed by atoms with Crippen LogP contribution in [0.1, 0.15) is 40.5 Å². The summed E-state index contributed by atoms with van der Waals surface area (Å²) in [5.74, 6) is 0. The molecule has 0 rings (SSSR count). The molecule has 0 radical (unpaired) electrons. The molecule has 106 valence electrons. The van der Waals surface area contributed by atoms with E-state index in [1.165, 1.54) is 0 Å². The first-order valence-electron chi connectivity index (χ1n) is 6.80. The summed E-state index contributed by atoms with van der Waals surface area (Å²) >= 11 is 0. The second-order valence-corrected chi connectivity index (χ2v) is 10.9. The van der Waals surface area contributed by atoms with Crippen molar-refractivity contribution < 1.29 is 9.16 Å². The molecule has 0 N–H and O–H groups in total. The second kappa shape index (κ2) is 7.80. The maximum absolute atomic E-state index is 6.11. The molecular weight excluding hydrogens is 240 g/mol. The molecule has 0 aromatic rings. The third-order valence-corrected chi connectivity index (χ3v) is 8.02. The molecule has 0 aliphatic rings. The number of hydrogen-bond donors (Lipinski definition) is 0. The minimum atomic E-state index is -1.58. The zero-order valence-corrected chi connectivity index (χ0v) is 14.0. The predicted molar refractivity (Wildman–Crippen MR) is 82.3 cm³/mol. The third kappa shape index (κ3) is 7.02. The lowest BCUT2D eigenvalue weighted by Crippen LogP contribution is -2.40. The lowest BCUT2D eigenvalue weighted by atomic mass is 10.2. The van der Waals surface area contributed by atoms with Gasteiger partial charge in [0.1, 0.15) is 0 Å². The van der Waals surface area contributed by atoms with E-state index < -0.39 is 8.32 Å². The Morgan fingerprint density at radius 2 is 1.89 bits per heavy atom. The highest BCUT2D eigenvalue weighted by atomic mass is 28.4. The number of hydrogen-bond acceptors (Lipinski definition) is 2. The minimum absolute atomic E-state index is 0.291. The van der Waals surface area contributed by atoms with E-state index >= 15 is 0 Å². The van der Waals surface area contributed by atoms with Crippen LogP contribution in [-0.2, 0) is 9.16 Å². The zero-order valence-electron chi connectivity index (χ0n) is 13.0. The first kappa shape index (κ1) is 17.5. The molecule has 0 amide bonds. The second-order valence-electron chi connectivity index (χ2n) is 6.13. The average molecular weight is 270 g/mol. The molecule has 0 bridgehead atoms. The van der Waals surface area contributed by atoms with Crippen molar-refractivity contribution in [1.29, 1.82) is 0 Å². The van der Waals surface area contributed by atoms with E-state index in [9.17, 15) is 0 Å². The van der Waals surface area contributed by atoms with Crippen LogP contribution in [-0.4, -0.2) is 21.5 Å². The van der Waals surface area contributed by atoms with E-state index in [4.69, 9.17) is 9.16 Å². The van der Waals surface area contributed by atoms with Gasteiger partial charge in [0, 0.05) is 6.61 Å². The summed E-state index contributed by atoms with van der Waals surface area (Å²) in [7, 11) is -1.58. The number of ether oxygens (including phenoxy) is 1. The van der Waals surface area contributed by atoms with Gasteiger partial charge in [0.15, 0.2) is 8.32 Å². The van der Waals surface area contributed by atoms with Crippen LogP contribution >= 0.6 is 0 Å². The van der Waals surface area contributed by atoms with Crippen molar-refractivity contribution in [3.8, 4) is 0 Å². The highest BCUT2D eigenvalue weighted by Crippen LogP contribution is 2.36. The molecule has 0 heterocycles. The van der Waals surface area contributed by atoms with E-state index in [0.717, 1.165) is 25.0 Å². The van der Waals surface area contributed by atoms with Gasteiger partial charge in [-0.3, -0.25) is 0 Å². The first-order chi connectivity index (χ1) is 8.20. The van der Waals surface area contributed by atoms with E-state index in [1.54, 1.807) is 6.26 Å². The Kier molecular flexibility index (Phi) is 7.56. The van der Waals surface area contributed by atoms with Gasteiger partial charge in [-0.05, 0) is 44.0 Å². The number of rotatable bonds is 8. The van der Waals surface area contributed by atoms with Gasteiger partial charge >= 0.3 is 0 Å². The van der Waals surface area contributed by atoms with Crippen LogP contribution in [0.4, 0.5) is 0 Å². The first-order valence-corrected chi connectivity index (χ1v) is 9.71. The van der Waals surface area contributed by atoms with Crippen molar-refractivity contribution in [2.45, 2.75) is 58.7 Å². The lowest BCUT2D eigenvalue weighted by Gasteiger charge is -2.36. The third-order valence-electron chi connectivity index (χ3n) is 3.48. The molecule has 0 aromatic carbocycles.